The summed E-state index contributed by atoms with van der Waals surface area (Å²) in [7, 11) is 0. The maximum atomic E-state index is 12.2. The molecule has 0 aromatic carbocycles. The van der Waals surface area contributed by atoms with Crippen LogP contribution in [0, 0.1) is 0 Å². The van der Waals surface area contributed by atoms with Gasteiger partial charge in [0.15, 0.2) is 0 Å². The number of nitrogens with zero attached hydrogens (tertiary/aromatic N) is 4. The molecular weight excluding hydrogens is 264 g/mol. The largest absolute Gasteiger partial charge is 0.337 e. The van der Waals surface area contributed by atoms with E-state index in [1.54, 1.807) is 12.3 Å². The van der Waals surface area contributed by atoms with Crippen molar-refractivity contribution in [3.63, 3.8) is 0 Å². The van der Waals surface area contributed by atoms with E-state index in [1.165, 1.54) is 0 Å². The van der Waals surface area contributed by atoms with Crippen molar-refractivity contribution in [2.45, 2.75) is 6.92 Å². The number of aromatic nitrogens is 2. The molecule has 5 heteroatoms. The molecule has 0 unspecified atom stereocenters. The van der Waals surface area contributed by atoms with Gasteiger partial charge >= 0.3 is 0 Å². The van der Waals surface area contributed by atoms with Gasteiger partial charge in [-0.3, -0.25) is 4.79 Å². The summed E-state index contributed by atoms with van der Waals surface area (Å²) in [4.78, 5) is 20.8. The predicted molar refractivity (Wildman–Crippen MR) is 82.9 cm³/mol. The Kier molecular flexibility index (Phi) is 4.01. The highest BCUT2D eigenvalue weighted by atomic mass is 16.2. The van der Waals surface area contributed by atoms with Crippen molar-refractivity contribution in [3.05, 3.63) is 42.4 Å². The number of fused-ring (bicyclic) bond motifs is 1. The quantitative estimate of drug-likeness (QED) is 0.802. The molecule has 21 heavy (non-hydrogen) atoms. The summed E-state index contributed by atoms with van der Waals surface area (Å²) >= 11 is 0. The van der Waals surface area contributed by atoms with Crippen LogP contribution in [0.4, 0.5) is 0 Å². The first-order valence-electron chi connectivity index (χ1n) is 7.39. The number of hydrogen-bond acceptors (Lipinski definition) is 3. The molecule has 3 heterocycles. The summed E-state index contributed by atoms with van der Waals surface area (Å²) in [6, 6.07) is 5.86. The molecule has 5 nitrogen and oxygen atoms in total. The highest BCUT2D eigenvalue weighted by molar-refractivity contribution is 5.91. The Bertz CT molecular complexity index is 653. The number of hydrogen-bond donors (Lipinski definition) is 0. The van der Waals surface area contributed by atoms with Crippen LogP contribution in [0.3, 0.4) is 0 Å². The predicted octanol–water partition coefficient (Wildman–Crippen LogP) is 1.51. The van der Waals surface area contributed by atoms with Crippen LogP contribution in [0.2, 0.25) is 0 Å². The molecule has 1 aliphatic heterocycles. The zero-order valence-electron chi connectivity index (χ0n) is 12.3. The number of amides is 1. The first kappa shape index (κ1) is 13.8. The Morgan fingerprint density at radius 3 is 2.86 bits per heavy atom. The highest BCUT2D eigenvalue weighted by Crippen LogP contribution is 2.09. The Balaban J connectivity index is 1.67. The van der Waals surface area contributed by atoms with Crippen LogP contribution >= 0.6 is 0 Å². The van der Waals surface area contributed by atoms with Gasteiger partial charge in [-0.2, -0.15) is 0 Å². The van der Waals surface area contributed by atoms with Crippen LogP contribution in [0.1, 0.15) is 12.6 Å². The van der Waals surface area contributed by atoms with E-state index in [1.807, 2.05) is 39.8 Å². The number of piperazine rings is 1. The van der Waals surface area contributed by atoms with Crippen LogP contribution in [0.25, 0.3) is 11.7 Å². The number of likely N-dealkylation sites (N-methyl/N-ethyl adjacent to an activating group) is 1. The van der Waals surface area contributed by atoms with Crippen molar-refractivity contribution in [3.8, 4) is 0 Å². The van der Waals surface area contributed by atoms with Crippen molar-refractivity contribution in [1.82, 2.24) is 19.2 Å². The van der Waals surface area contributed by atoms with Gasteiger partial charge in [-0.05, 0) is 24.8 Å². The lowest BCUT2D eigenvalue weighted by Gasteiger charge is -2.33. The van der Waals surface area contributed by atoms with E-state index in [-0.39, 0.29) is 5.91 Å². The third-order valence-corrected chi connectivity index (χ3v) is 3.97. The molecule has 1 aliphatic rings. The average molecular weight is 284 g/mol. The fourth-order valence-corrected chi connectivity index (χ4v) is 2.62. The third kappa shape index (κ3) is 2.97. The van der Waals surface area contributed by atoms with E-state index >= 15 is 0 Å². The highest BCUT2D eigenvalue weighted by Gasteiger charge is 2.18. The summed E-state index contributed by atoms with van der Waals surface area (Å²) in [5.74, 6) is 0.0802. The van der Waals surface area contributed by atoms with Gasteiger partial charge in [0.2, 0.25) is 5.91 Å². The third-order valence-electron chi connectivity index (χ3n) is 3.97. The molecule has 0 saturated carbocycles. The fourth-order valence-electron chi connectivity index (χ4n) is 2.62. The lowest BCUT2D eigenvalue weighted by Crippen LogP contribution is -2.48. The number of carbonyl (C=O) groups is 1. The normalized spacial score (nSPS) is 16.9. The average Bonchev–Trinajstić information content (AvgIpc) is 2.96. The van der Waals surface area contributed by atoms with E-state index in [2.05, 4.69) is 16.8 Å². The minimum Gasteiger partial charge on any atom is -0.337 e. The second kappa shape index (κ2) is 6.10. The van der Waals surface area contributed by atoms with Crippen LogP contribution in [-0.2, 0) is 4.79 Å². The van der Waals surface area contributed by atoms with Gasteiger partial charge in [-0.15, -0.1) is 0 Å². The smallest absolute Gasteiger partial charge is 0.246 e. The molecule has 1 amide bonds. The van der Waals surface area contributed by atoms with Gasteiger partial charge < -0.3 is 14.2 Å². The first-order chi connectivity index (χ1) is 10.3. The Labute approximate surface area is 124 Å². The number of imidazole rings is 1. The minimum absolute atomic E-state index is 0.0802. The molecule has 0 radical (unpaired) electrons. The molecule has 0 aliphatic carbocycles. The molecule has 1 saturated heterocycles. The van der Waals surface area contributed by atoms with Crippen molar-refractivity contribution in [1.29, 1.82) is 0 Å². The lowest BCUT2D eigenvalue weighted by atomic mass is 10.3. The number of rotatable bonds is 3. The maximum absolute atomic E-state index is 12.2. The van der Waals surface area contributed by atoms with E-state index in [4.69, 9.17) is 0 Å². The summed E-state index contributed by atoms with van der Waals surface area (Å²) in [6.07, 6.45) is 7.23. The first-order valence-corrected chi connectivity index (χ1v) is 7.39. The molecule has 0 atom stereocenters. The second-order valence-corrected chi connectivity index (χ2v) is 5.20. The summed E-state index contributed by atoms with van der Waals surface area (Å²) < 4.78 is 1.97. The van der Waals surface area contributed by atoms with Gasteiger partial charge in [0, 0.05) is 38.5 Å². The van der Waals surface area contributed by atoms with Gasteiger partial charge in [-0.1, -0.05) is 13.0 Å². The summed E-state index contributed by atoms with van der Waals surface area (Å²) in [5, 5.41) is 0. The Hall–Kier alpha value is -2.14. The van der Waals surface area contributed by atoms with Gasteiger partial charge in [0.05, 0.1) is 11.9 Å². The summed E-state index contributed by atoms with van der Waals surface area (Å²) in [5.41, 5.74) is 1.81. The van der Waals surface area contributed by atoms with Crippen LogP contribution in [0.15, 0.2) is 36.7 Å². The standard InChI is InChI=1S/C16H20N4O/c1-2-18-9-11-19(12-10-18)16(21)7-6-14-13-17-15-5-3-4-8-20(14)15/h3-8,13H,2,9-12H2,1H3/b7-6+. The molecule has 0 N–H and O–H groups in total. The zero-order chi connectivity index (χ0) is 14.7. The van der Waals surface area contributed by atoms with E-state index in [0.717, 1.165) is 44.1 Å². The molecule has 1 fully saturated rings. The Morgan fingerprint density at radius 2 is 2.10 bits per heavy atom. The van der Waals surface area contributed by atoms with E-state index < -0.39 is 0 Å². The fraction of sp³-hybridized carbons (Fsp3) is 0.375. The van der Waals surface area contributed by atoms with Crippen molar-refractivity contribution in [2.75, 3.05) is 32.7 Å². The second-order valence-electron chi connectivity index (χ2n) is 5.20. The Morgan fingerprint density at radius 1 is 1.29 bits per heavy atom. The SMILES string of the molecule is CCN1CCN(C(=O)/C=C/c2cnc3ccccn23)CC1. The molecule has 2 aromatic rings. The molecule has 110 valence electrons. The molecule has 3 rings (SSSR count). The molecular formula is C16H20N4O. The lowest BCUT2D eigenvalue weighted by molar-refractivity contribution is -0.127. The van der Waals surface area contributed by atoms with Crippen LogP contribution in [-0.4, -0.2) is 57.8 Å². The number of pyridine rings is 1. The molecule has 0 spiro atoms. The van der Waals surface area contributed by atoms with E-state index in [0.29, 0.717) is 0 Å². The monoisotopic (exact) mass is 284 g/mol. The van der Waals surface area contributed by atoms with Crippen molar-refractivity contribution >= 4 is 17.6 Å². The molecule has 2 aromatic heterocycles. The zero-order valence-corrected chi connectivity index (χ0v) is 12.3. The minimum atomic E-state index is 0.0802. The maximum Gasteiger partial charge on any atom is 0.246 e. The summed E-state index contributed by atoms with van der Waals surface area (Å²) in [6.45, 7) is 6.76. The number of carbonyl (C=O) groups excluding carboxylic acids is 1. The van der Waals surface area contributed by atoms with Crippen molar-refractivity contribution in [2.24, 2.45) is 0 Å². The van der Waals surface area contributed by atoms with Gasteiger partial charge in [0.25, 0.3) is 0 Å². The van der Waals surface area contributed by atoms with Crippen LogP contribution in [0.5, 0.6) is 0 Å². The molecule has 0 bridgehead atoms. The van der Waals surface area contributed by atoms with E-state index in [9.17, 15) is 4.79 Å². The van der Waals surface area contributed by atoms with Crippen LogP contribution < -0.4 is 0 Å². The van der Waals surface area contributed by atoms with Gasteiger partial charge in [0.1, 0.15) is 5.65 Å². The van der Waals surface area contributed by atoms with Crippen molar-refractivity contribution < 1.29 is 4.79 Å². The van der Waals surface area contributed by atoms with Gasteiger partial charge in [-0.25, -0.2) is 4.98 Å². The topological polar surface area (TPSA) is 40.8 Å².